The van der Waals surface area contributed by atoms with E-state index in [1.54, 1.807) is 0 Å². The van der Waals surface area contributed by atoms with Gasteiger partial charge in [0, 0.05) is 14.4 Å². The van der Waals surface area contributed by atoms with Crippen LogP contribution in [0.1, 0.15) is 0 Å². The Hall–Kier alpha value is 0.657. The summed E-state index contributed by atoms with van der Waals surface area (Å²) >= 11 is 3.88. The number of rotatable bonds is 0. The first-order chi connectivity index (χ1) is 2.89. The molecule has 0 N–H and O–H groups in total. The molecule has 0 bridgehead atoms. The molecule has 0 aromatic carbocycles. The average Bonchev–Trinajstić information content (AvgIpc) is 1.86. The summed E-state index contributed by atoms with van der Waals surface area (Å²) in [4.78, 5) is 0. The van der Waals surface area contributed by atoms with Crippen LogP contribution in [0.15, 0.2) is 10.8 Å². The summed E-state index contributed by atoms with van der Waals surface area (Å²) in [5.41, 5.74) is 0. The first-order valence-corrected chi connectivity index (χ1v) is 4.89. The van der Waals surface area contributed by atoms with E-state index in [9.17, 15) is 0 Å². The Bertz CT molecular complexity index is 63.2. The Kier molecular flexibility index (Phi) is 1.68. The summed E-state index contributed by atoms with van der Waals surface area (Å²) in [7, 11) is 1.32. The van der Waals surface area contributed by atoms with Crippen LogP contribution in [0.5, 0.6) is 0 Å². The molecular weight excluding hydrogens is 128 g/mol. The van der Waals surface area contributed by atoms with E-state index in [1.807, 2.05) is 23.5 Å². The van der Waals surface area contributed by atoms with Gasteiger partial charge in [0.25, 0.3) is 0 Å². The van der Waals surface area contributed by atoms with Gasteiger partial charge in [-0.1, -0.05) is 0 Å². The Morgan fingerprint density at radius 3 is 2.00 bits per heavy atom. The lowest BCUT2D eigenvalue weighted by atomic mass is 11.3. The molecule has 0 spiro atoms. The molecule has 0 amide bonds. The largest absolute Gasteiger partial charge is 0.123 e. The van der Waals surface area contributed by atoms with Crippen molar-refractivity contribution in [3.05, 3.63) is 10.8 Å². The summed E-state index contributed by atoms with van der Waals surface area (Å²) in [5.74, 6) is 0. The standard InChI is InChI=1S/C3H6S2Si/c6-3-4-1-2-5-3/h1-3H,6H3. The van der Waals surface area contributed by atoms with Crippen molar-refractivity contribution < 1.29 is 0 Å². The third kappa shape index (κ3) is 1.06. The Morgan fingerprint density at radius 1 is 1.33 bits per heavy atom. The third-order valence-corrected chi connectivity index (χ3v) is 4.42. The highest BCUT2D eigenvalue weighted by atomic mass is 32.2. The van der Waals surface area contributed by atoms with Crippen LogP contribution in [0.2, 0.25) is 0 Å². The first kappa shape index (κ1) is 4.81. The minimum Gasteiger partial charge on any atom is -0.123 e. The van der Waals surface area contributed by atoms with E-state index in [-0.39, 0.29) is 0 Å². The zero-order chi connectivity index (χ0) is 4.41. The maximum absolute atomic E-state index is 2.17. The fourth-order valence-electron chi connectivity index (χ4n) is 0.318. The van der Waals surface area contributed by atoms with Crippen LogP contribution in [0.4, 0.5) is 0 Å². The minimum atomic E-state index is 0.907. The molecule has 0 saturated carbocycles. The Labute approximate surface area is 49.2 Å². The molecule has 0 nitrogen and oxygen atoms in total. The predicted octanol–water partition coefficient (Wildman–Crippen LogP) is 0.587. The zero-order valence-electron chi connectivity index (χ0n) is 3.55. The van der Waals surface area contributed by atoms with Gasteiger partial charge in [-0.25, -0.2) is 0 Å². The van der Waals surface area contributed by atoms with Crippen LogP contribution in [0, 0.1) is 0 Å². The van der Waals surface area contributed by atoms with Crippen LogP contribution in [-0.2, 0) is 0 Å². The third-order valence-electron chi connectivity index (χ3n) is 0.596. The molecule has 1 aliphatic heterocycles. The van der Waals surface area contributed by atoms with Gasteiger partial charge in [0.05, 0.1) is 0 Å². The van der Waals surface area contributed by atoms with Crippen molar-refractivity contribution in [2.24, 2.45) is 0 Å². The average molecular weight is 134 g/mol. The van der Waals surface area contributed by atoms with E-state index in [1.165, 1.54) is 10.2 Å². The van der Waals surface area contributed by atoms with Crippen LogP contribution in [0.25, 0.3) is 0 Å². The molecule has 0 aromatic rings. The Morgan fingerprint density at radius 2 is 1.83 bits per heavy atom. The van der Waals surface area contributed by atoms with Crippen molar-refractivity contribution in [2.45, 2.75) is 4.21 Å². The molecule has 6 heavy (non-hydrogen) atoms. The second-order valence-electron chi connectivity index (χ2n) is 1.11. The summed E-state index contributed by atoms with van der Waals surface area (Å²) in [5, 5.41) is 4.34. The monoisotopic (exact) mass is 134 g/mol. The van der Waals surface area contributed by atoms with Gasteiger partial charge in [0.15, 0.2) is 0 Å². The van der Waals surface area contributed by atoms with Gasteiger partial charge in [-0.05, 0) is 10.8 Å². The number of thioether (sulfide) groups is 2. The molecule has 0 aromatic heterocycles. The van der Waals surface area contributed by atoms with Crippen LogP contribution < -0.4 is 0 Å². The fraction of sp³-hybridized carbons (Fsp3) is 0.333. The summed E-state index contributed by atoms with van der Waals surface area (Å²) in [6.07, 6.45) is 0. The molecule has 1 aliphatic rings. The highest BCUT2D eigenvalue weighted by Crippen LogP contribution is 2.29. The smallest absolute Gasteiger partial charge is 0.0406 e. The summed E-state index contributed by atoms with van der Waals surface area (Å²) in [6, 6.07) is 0. The SMILES string of the molecule is [SiH3]C1SC=CS1. The van der Waals surface area contributed by atoms with E-state index in [0.29, 0.717) is 0 Å². The molecule has 34 valence electrons. The molecule has 0 fully saturated rings. The van der Waals surface area contributed by atoms with Gasteiger partial charge in [-0.15, -0.1) is 23.5 Å². The van der Waals surface area contributed by atoms with Crippen LogP contribution >= 0.6 is 23.5 Å². The van der Waals surface area contributed by atoms with E-state index < -0.39 is 0 Å². The van der Waals surface area contributed by atoms with Gasteiger partial charge >= 0.3 is 0 Å². The van der Waals surface area contributed by atoms with Crippen molar-refractivity contribution in [1.82, 2.24) is 0 Å². The second kappa shape index (κ2) is 2.09. The number of hydrogen-bond acceptors (Lipinski definition) is 2. The molecule has 0 saturated heterocycles. The van der Waals surface area contributed by atoms with E-state index in [4.69, 9.17) is 0 Å². The lowest BCUT2D eigenvalue weighted by molar-refractivity contribution is 2.07. The van der Waals surface area contributed by atoms with Gasteiger partial charge < -0.3 is 0 Å². The summed E-state index contributed by atoms with van der Waals surface area (Å²) < 4.78 is 0.907. The fourth-order valence-corrected chi connectivity index (χ4v) is 2.86. The van der Waals surface area contributed by atoms with Gasteiger partial charge in [0.1, 0.15) is 0 Å². The number of hydrogen-bond donors (Lipinski definition) is 0. The maximum Gasteiger partial charge on any atom is 0.0406 e. The highest BCUT2D eigenvalue weighted by Gasteiger charge is 2.01. The molecule has 0 atom stereocenters. The molecular formula is C3H6S2Si. The normalized spacial score (nSPS) is 23.3. The van der Waals surface area contributed by atoms with Gasteiger partial charge in [0.2, 0.25) is 0 Å². The highest BCUT2D eigenvalue weighted by molar-refractivity contribution is 8.23. The molecule has 0 aliphatic carbocycles. The zero-order valence-corrected chi connectivity index (χ0v) is 7.18. The first-order valence-electron chi connectivity index (χ1n) is 1.85. The van der Waals surface area contributed by atoms with Crippen molar-refractivity contribution in [2.75, 3.05) is 0 Å². The van der Waals surface area contributed by atoms with Gasteiger partial charge in [-0.2, -0.15) is 0 Å². The predicted molar refractivity (Wildman–Crippen MR) is 38.0 cm³/mol. The van der Waals surface area contributed by atoms with Crippen molar-refractivity contribution >= 4 is 33.8 Å². The molecule has 3 heteroatoms. The minimum absolute atomic E-state index is 0.907. The summed E-state index contributed by atoms with van der Waals surface area (Å²) in [6.45, 7) is 0. The second-order valence-corrected chi connectivity index (χ2v) is 6.74. The lowest BCUT2D eigenvalue weighted by Crippen LogP contribution is -1.84. The molecule has 1 rings (SSSR count). The topological polar surface area (TPSA) is 0 Å². The van der Waals surface area contributed by atoms with Crippen molar-refractivity contribution in [3.63, 3.8) is 0 Å². The lowest BCUT2D eigenvalue weighted by Gasteiger charge is -1.91. The van der Waals surface area contributed by atoms with Crippen molar-refractivity contribution in [1.29, 1.82) is 0 Å². The van der Waals surface area contributed by atoms with Crippen LogP contribution in [-0.4, -0.2) is 14.4 Å². The van der Waals surface area contributed by atoms with Crippen LogP contribution in [0.3, 0.4) is 0 Å². The van der Waals surface area contributed by atoms with Gasteiger partial charge in [-0.3, -0.25) is 0 Å². The Balaban J connectivity index is 2.32. The maximum atomic E-state index is 2.17. The van der Waals surface area contributed by atoms with E-state index in [0.717, 1.165) is 4.21 Å². The molecule has 1 heterocycles. The van der Waals surface area contributed by atoms with Crippen molar-refractivity contribution in [3.8, 4) is 0 Å². The quantitative estimate of drug-likeness (QED) is 0.445. The van der Waals surface area contributed by atoms with E-state index in [2.05, 4.69) is 10.8 Å². The van der Waals surface area contributed by atoms with E-state index >= 15 is 0 Å². The molecule has 0 unspecified atom stereocenters. The molecule has 0 radical (unpaired) electrons.